The summed E-state index contributed by atoms with van der Waals surface area (Å²) in [5.74, 6) is 0.557. The van der Waals surface area contributed by atoms with Crippen LogP contribution in [0.3, 0.4) is 0 Å². The highest BCUT2D eigenvalue weighted by Gasteiger charge is 2.00. The van der Waals surface area contributed by atoms with Crippen LogP contribution in [0, 0.1) is 12.7 Å². The van der Waals surface area contributed by atoms with E-state index in [1.165, 1.54) is 0 Å². The second kappa shape index (κ2) is 6.10. The number of aryl methyl sites for hydroxylation is 1. The van der Waals surface area contributed by atoms with Crippen LogP contribution in [-0.4, -0.2) is 19.6 Å². The monoisotopic (exact) mass is 223 g/mol. The lowest BCUT2D eigenvalue weighted by Crippen LogP contribution is -2.36. The molecule has 0 aromatic heterocycles. The molecule has 0 saturated heterocycles. The van der Waals surface area contributed by atoms with Gasteiger partial charge in [0.05, 0.1) is 0 Å². The fourth-order valence-electron chi connectivity index (χ4n) is 1.32. The van der Waals surface area contributed by atoms with Crippen molar-refractivity contribution in [3.05, 3.63) is 35.1 Å². The van der Waals surface area contributed by atoms with Gasteiger partial charge in [0.25, 0.3) is 0 Å². The summed E-state index contributed by atoms with van der Waals surface area (Å²) in [7, 11) is 1.71. The molecule has 88 valence electrons. The first kappa shape index (κ1) is 12.5. The molecule has 16 heavy (non-hydrogen) atoms. The molecule has 0 saturated carbocycles. The first-order valence-electron chi connectivity index (χ1n) is 5.37. The van der Waals surface area contributed by atoms with Crippen molar-refractivity contribution >= 4 is 5.96 Å². The summed E-state index contributed by atoms with van der Waals surface area (Å²) in [6.45, 7) is 5.13. The molecule has 0 fully saturated rings. The number of benzene rings is 1. The third-order valence-electron chi connectivity index (χ3n) is 2.26. The van der Waals surface area contributed by atoms with Gasteiger partial charge in [0.15, 0.2) is 5.96 Å². The summed E-state index contributed by atoms with van der Waals surface area (Å²) < 4.78 is 13.3. The Morgan fingerprint density at radius 3 is 2.69 bits per heavy atom. The van der Waals surface area contributed by atoms with Crippen LogP contribution in [0.2, 0.25) is 0 Å². The zero-order valence-corrected chi connectivity index (χ0v) is 9.97. The Hall–Kier alpha value is -1.58. The molecule has 0 radical (unpaired) electrons. The summed E-state index contributed by atoms with van der Waals surface area (Å²) in [5, 5.41) is 6.18. The number of guanidine groups is 1. The number of hydrogen-bond acceptors (Lipinski definition) is 1. The van der Waals surface area contributed by atoms with Crippen LogP contribution >= 0.6 is 0 Å². The van der Waals surface area contributed by atoms with E-state index in [9.17, 15) is 4.39 Å². The summed E-state index contributed by atoms with van der Waals surface area (Å²) in [6.07, 6.45) is 0. The van der Waals surface area contributed by atoms with Gasteiger partial charge in [-0.05, 0) is 31.0 Å². The Morgan fingerprint density at radius 1 is 1.38 bits per heavy atom. The van der Waals surface area contributed by atoms with E-state index in [1.54, 1.807) is 26.1 Å². The van der Waals surface area contributed by atoms with E-state index in [0.29, 0.717) is 12.1 Å². The van der Waals surface area contributed by atoms with Gasteiger partial charge in [0.2, 0.25) is 0 Å². The van der Waals surface area contributed by atoms with E-state index < -0.39 is 0 Å². The molecule has 2 N–H and O–H groups in total. The Labute approximate surface area is 95.8 Å². The van der Waals surface area contributed by atoms with Gasteiger partial charge in [-0.1, -0.05) is 12.1 Å². The summed E-state index contributed by atoms with van der Waals surface area (Å²) in [6, 6.07) is 5.23. The number of halogens is 1. The maximum absolute atomic E-state index is 13.3. The zero-order chi connectivity index (χ0) is 12.0. The van der Waals surface area contributed by atoms with Gasteiger partial charge in [-0.3, -0.25) is 4.99 Å². The Kier molecular flexibility index (Phi) is 4.76. The van der Waals surface area contributed by atoms with Gasteiger partial charge >= 0.3 is 0 Å². The Bertz CT molecular complexity index is 375. The highest BCUT2D eigenvalue weighted by molar-refractivity contribution is 5.79. The highest BCUT2D eigenvalue weighted by atomic mass is 19.1. The van der Waals surface area contributed by atoms with Gasteiger partial charge in [-0.15, -0.1) is 0 Å². The maximum Gasteiger partial charge on any atom is 0.191 e. The van der Waals surface area contributed by atoms with Crippen LogP contribution in [-0.2, 0) is 6.54 Å². The molecule has 0 heterocycles. The molecule has 3 nitrogen and oxygen atoms in total. The maximum atomic E-state index is 13.3. The minimum Gasteiger partial charge on any atom is -0.357 e. The van der Waals surface area contributed by atoms with Crippen LogP contribution in [0.4, 0.5) is 4.39 Å². The number of aliphatic imine (C=N–C) groups is 1. The molecule has 4 heteroatoms. The Balaban J connectivity index is 2.57. The van der Waals surface area contributed by atoms with E-state index in [-0.39, 0.29) is 5.82 Å². The smallest absolute Gasteiger partial charge is 0.191 e. The van der Waals surface area contributed by atoms with E-state index in [2.05, 4.69) is 15.6 Å². The summed E-state index contributed by atoms with van der Waals surface area (Å²) in [5.41, 5.74) is 1.57. The number of rotatable bonds is 3. The minimum absolute atomic E-state index is 0.169. The number of nitrogens with zero attached hydrogens (tertiary/aromatic N) is 1. The first-order valence-corrected chi connectivity index (χ1v) is 5.37. The molecule has 1 aromatic carbocycles. The topological polar surface area (TPSA) is 36.4 Å². The minimum atomic E-state index is -0.169. The van der Waals surface area contributed by atoms with Crippen LogP contribution in [0.5, 0.6) is 0 Å². The highest BCUT2D eigenvalue weighted by Crippen LogP contribution is 2.08. The standard InChI is InChI=1S/C12H18FN3/c1-4-15-12(14-3)16-8-10-6-5-9(2)11(13)7-10/h5-7H,4,8H2,1-3H3,(H2,14,15,16). The zero-order valence-electron chi connectivity index (χ0n) is 9.97. The Morgan fingerprint density at radius 2 is 2.12 bits per heavy atom. The molecule has 0 aliphatic heterocycles. The van der Waals surface area contributed by atoms with Crippen molar-refractivity contribution < 1.29 is 4.39 Å². The average Bonchev–Trinajstić information content (AvgIpc) is 2.28. The van der Waals surface area contributed by atoms with E-state index in [0.717, 1.165) is 18.1 Å². The third kappa shape index (κ3) is 3.53. The molecule has 0 spiro atoms. The summed E-state index contributed by atoms with van der Waals surface area (Å²) in [4.78, 5) is 4.03. The fourth-order valence-corrected chi connectivity index (χ4v) is 1.32. The van der Waals surface area contributed by atoms with Crippen molar-refractivity contribution in [2.45, 2.75) is 20.4 Å². The molecule has 1 aromatic rings. The predicted molar refractivity (Wildman–Crippen MR) is 65.0 cm³/mol. The molecule has 0 aliphatic carbocycles. The van der Waals surface area contributed by atoms with Crippen LogP contribution in [0.1, 0.15) is 18.1 Å². The molecule has 0 aliphatic rings. The van der Waals surface area contributed by atoms with Crippen molar-refractivity contribution in [2.75, 3.05) is 13.6 Å². The molecule has 0 amide bonds. The van der Waals surface area contributed by atoms with Gasteiger partial charge in [-0.25, -0.2) is 4.39 Å². The van der Waals surface area contributed by atoms with E-state index in [1.807, 2.05) is 13.0 Å². The first-order chi connectivity index (χ1) is 7.67. The lowest BCUT2D eigenvalue weighted by molar-refractivity contribution is 0.615. The van der Waals surface area contributed by atoms with E-state index in [4.69, 9.17) is 0 Å². The molecular formula is C12H18FN3. The lowest BCUT2D eigenvalue weighted by atomic mass is 10.1. The molecule has 0 atom stereocenters. The van der Waals surface area contributed by atoms with Crippen molar-refractivity contribution in [2.24, 2.45) is 4.99 Å². The normalized spacial score (nSPS) is 11.4. The van der Waals surface area contributed by atoms with Crippen LogP contribution < -0.4 is 10.6 Å². The molecule has 0 bridgehead atoms. The van der Waals surface area contributed by atoms with Crippen molar-refractivity contribution in [1.82, 2.24) is 10.6 Å². The van der Waals surface area contributed by atoms with Crippen LogP contribution in [0.15, 0.2) is 23.2 Å². The predicted octanol–water partition coefficient (Wildman–Crippen LogP) is 1.82. The van der Waals surface area contributed by atoms with Crippen LogP contribution in [0.25, 0.3) is 0 Å². The molecule has 1 rings (SSSR count). The van der Waals surface area contributed by atoms with Crippen molar-refractivity contribution in [3.63, 3.8) is 0 Å². The number of nitrogens with one attached hydrogen (secondary N) is 2. The second-order valence-corrected chi connectivity index (χ2v) is 3.54. The fraction of sp³-hybridized carbons (Fsp3) is 0.417. The average molecular weight is 223 g/mol. The lowest BCUT2D eigenvalue weighted by Gasteiger charge is -2.10. The molecular weight excluding hydrogens is 205 g/mol. The number of hydrogen-bond donors (Lipinski definition) is 2. The quantitative estimate of drug-likeness (QED) is 0.605. The third-order valence-corrected chi connectivity index (χ3v) is 2.26. The SMILES string of the molecule is CCNC(=NC)NCc1ccc(C)c(F)c1. The largest absolute Gasteiger partial charge is 0.357 e. The van der Waals surface area contributed by atoms with Gasteiger partial charge in [-0.2, -0.15) is 0 Å². The van der Waals surface area contributed by atoms with Gasteiger partial charge in [0.1, 0.15) is 5.82 Å². The second-order valence-electron chi connectivity index (χ2n) is 3.54. The van der Waals surface area contributed by atoms with Crippen molar-refractivity contribution in [1.29, 1.82) is 0 Å². The van der Waals surface area contributed by atoms with E-state index >= 15 is 0 Å². The van der Waals surface area contributed by atoms with Gasteiger partial charge in [0, 0.05) is 20.1 Å². The van der Waals surface area contributed by atoms with Gasteiger partial charge < -0.3 is 10.6 Å². The summed E-state index contributed by atoms with van der Waals surface area (Å²) >= 11 is 0. The van der Waals surface area contributed by atoms with Crippen molar-refractivity contribution in [3.8, 4) is 0 Å². The molecule has 0 unspecified atom stereocenters.